The topological polar surface area (TPSA) is 89.7 Å². The van der Waals surface area contributed by atoms with E-state index in [0.29, 0.717) is 26.1 Å². The summed E-state index contributed by atoms with van der Waals surface area (Å²) >= 11 is 0. The Hall–Kier alpha value is -1.59. The van der Waals surface area contributed by atoms with Gasteiger partial charge in [0.2, 0.25) is 11.8 Å². The Morgan fingerprint density at radius 2 is 2.00 bits per heavy atom. The lowest BCUT2D eigenvalue weighted by atomic mass is 9.89. The van der Waals surface area contributed by atoms with Crippen molar-refractivity contribution in [1.29, 1.82) is 0 Å². The van der Waals surface area contributed by atoms with Crippen molar-refractivity contribution in [3.05, 3.63) is 0 Å². The van der Waals surface area contributed by atoms with E-state index in [1.165, 1.54) is 0 Å². The summed E-state index contributed by atoms with van der Waals surface area (Å²) in [7, 11) is 0. The summed E-state index contributed by atoms with van der Waals surface area (Å²) in [6.45, 7) is 4.65. The first-order valence-electron chi connectivity index (χ1n) is 6.12. The van der Waals surface area contributed by atoms with Gasteiger partial charge in [0.15, 0.2) is 0 Å². The van der Waals surface area contributed by atoms with Crippen LogP contribution in [0.3, 0.4) is 0 Å². The van der Waals surface area contributed by atoms with Crippen molar-refractivity contribution in [1.82, 2.24) is 4.90 Å². The van der Waals surface area contributed by atoms with Crippen LogP contribution >= 0.6 is 0 Å². The molecule has 1 fully saturated rings. The fourth-order valence-corrected chi connectivity index (χ4v) is 1.98. The molecule has 0 bridgehead atoms. The summed E-state index contributed by atoms with van der Waals surface area (Å²) in [6.07, 6.45) is 0.775. The number of carbonyl (C=O) groups is 3. The van der Waals surface area contributed by atoms with E-state index in [1.54, 1.807) is 18.7 Å². The normalized spacial score (nSPS) is 22.9. The van der Waals surface area contributed by atoms with Crippen molar-refractivity contribution in [2.75, 3.05) is 19.7 Å². The zero-order chi connectivity index (χ0) is 13.8. The predicted octanol–water partition coefficient (Wildman–Crippen LogP) is 0.0536. The molecule has 1 atom stereocenters. The standard InChI is InChI=1S/C12H20N2O4/c1-3-18-10(16)5-4-9(15)14-7-6-12(2,8-14)11(13)17/h3-8H2,1-2H3,(H2,13,17). The van der Waals surface area contributed by atoms with Crippen LogP contribution in [0.25, 0.3) is 0 Å². The van der Waals surface area contributed by atoms with Crippen LogP contribution in [0.5, 0.6) is 0 Å². The maximum atomic E-state index is 11.8. The summed E-state index contributed by atoms with van der Waals surface area (Å²) < 4.78 is 4.75. The Labute approximate surface area is 106 Å². The van der Waals surface area contributed by atoms with E-state index in [4.69, 9.17) is 10.5 Å². The molecule has 2 N–H and O–H groups in total. The van der Waals surface area contributed by atoms with Crippen molar-refractivity contribution < 1.29 is 19.1 Å². The highest BCUT2D eigenvalue weighted by Gasteiger charge is 2.40. The van der Waals surface area contributed by atoms with Crippen LogP contribution in [-0.4, -0.2) is 42.4 Å². The molecule has 18 heavy (non-hydrogen) atoms. The lowest BCUT2D eigenvalue weighted by Gasteiger charge is -2.20. The van der Waals surface area contributed by atoms with Crippen LogP contribution < -0.4 is 5.73 Å². The van der Waals surface area contributed by atoms with Gasteiger partial charge in [-0.05, 0) is 20.3 Å². The molecule has 1 aliphatic rings. The molecule has 1 unspecified atom stereocenters. The molecule has 1 rings (SSSR count). The second-order valence-corrected chi connectivity index (χ2v) is 4.80. The summed E-state index contributed by atoms with van der Waals surface area (Å²) in [6, 6.07) is 0. The number of amides is 2. The number of hydrogen-bond donors (Lipinski definition) is 1. The molecular formula is C12H20N2O4. The highest BCUT2D eigenvalue weighted by atomic mass is 16.5. The maximum absolute atomic E-state index is 11.8. The smallest absolute Gasteiger partial charge is 0.306 e. The lowest BCUT2D eigenvalue weighted by molar-refractivity contribution is -0.145. The quantitative estimate of drug-likeness (QED) is 0.704. The molecule has 0 aliphatic carbocycles. The average Bonchev–Trinajstić information content (AvgIpc) is 2.71. The Morgan fingerprint density at radius 3 is 2.50 bits per heavy atom. The minimum absolute atomic E-state index is 0.0798. The number of carbonyl (C=O) groups excluding carboxylic acids is 3. The molecule has 1 saturated heterocycles. The average molecular weight is 256 g/mol. The van der Waals surface area contributed by atoms with Crippen molar-refractivity contribution in [3.63, 3.8) is 0 Å². The van der Waals surface area contributed by atoms with Crippen LogP contribution in [0.15, 0.2) is 0 Å². The van der Waals surface area contributed by atoms with Crippen LogP contribution in [0, 0.1) is 5.41 Å². The van der Waals surface area contributed by atoms with E-state index in [9.17, 15) is 14.4 Å². The van der Waals surface area contributed by atoms with Gasteiger partial charge in [0, 0.05) is 19.5 Å². The minimum atomic E-state index is -0.639. The molecule has 0 aromatic rings. The summed E-state index contributed by atoms with van der Waals surface area (Å²) in [4.78, 5) is 35.8. The van der Waals surface area contributed by atoms with E-state index in [2.05, 4.69) is 0 Å². The molecule has 0 radical (unpaired) electrons. The third-order valence-electron chi connectivity index (χ3n) is 3.27. The molecular weight excluding hydrogens is 236 g/mol. The number of nitrogens with zero attached hydrogens (tertiary/aromatic N) is 1. The molecule has 0 aromatic carbocycles. The number of rotatable bonds is 5. The Morgan fingerprint density at radius 1 is 1.33 bits per heavy atom. The van der Waals surface area contributed by atoms with Crippen LogP contribution in [0.2, 0.25) is 0 Å². The van der Waals surface area contributed by atoms with Gasteiger partial charge in [-0.3, -0.25) is 14.4 Å². The van der Waals surface area contributed by atoms with Crippen molar-refractivity contribution in [3.8, 4) is 0 Å². The first-order chi connectivity index (χ1) is 8.39. The number of ether oxygens (including phenoxy) is 1. The van der Waals surface area contributed by atoms with E-state index in [-0.39, 0.29) is 30.6 Å². The monoisotopic (exact) mass is 256 g/mol. The molecule has 1 heterocycles. The van der Waals surface area contributed by atoms with Gasteiger partial charge in [0.25, 0.3) is 0 Å². The Balaban J connectivity index is 2.41. The minimum Gasteiger partial charge on any atom is -0.466 e. The van der Waals surface area contributed by atoms with Crippen molar-refractivity contribution in [2.24, 2.45) is 11.1 Å². The summed E-state index contributed by atoms with van der Waals surface area (Å²) in [5, 5.41) is 0. The fraction of sp³-hybridized carbons (Fsp3) is 0.750. The third kappa shape index (κ3) is 3.45. The van der Waals surface area contributed by atoms with E-state index < -0.39 is 5.41 Å². The van der Waals surface area contributed by atoms with Gasteiger partial charge in [-0.25, -0.2) is 0 Å². The zero-order valence-corrected chi connectivity index (χ0v) is 10.9. The van der Waals surface area contributed by atoms with Gasteiger partial charge in [0.05, 0.1) is 18.4 Å². The number of primary amides is 1. The molecule has 1 aliphatic heterocycles. The lowest BCUT2D eigenvalue weighted by Crippen LogP contribution is -2.38. The van der Waals surface area contributed by atoms with Crippen LogP contribution in [0.1, 0.15) is 33.1 Å². The van der Waals surface area contributed by atoms with Gasteiger partial charge < -0.3 is 15.4 Å². The highest BCUT2D eigenvalue weighted by molar-refractivity contribution is 5.85. The Kier molecular flexibility index (Phi) is 4.69. The van der Waals surface area contributed by atoms with Gasteiger partial charge >= 0.3 is 5.97 Å². The molecule has 0 spiro atoms. The van der Waals surface area contributed by atoms with Crippen LogP contribution in [0.4, 0.5) is 0 Å². The highest BCUT2D eigenvalue weighted by Crippen LogP contribution is 2.29. The summed E-state index contributed by atoms with van der Waals surface area (Å²) in [5.41, 5.74) is 4.67. The first kappa shape index (κ1) is 14.5. The second kappa shape index (κ2) is 5.84. The number of likely N-dealkylation sites (tertiary alicyclic amines) is 1. The third-order valence-corrected chi connectivity index (χ3v) is 3.27. The van der Waals surface area contributed by atoms with Crippen molar-refractivity contribution in [2.45, 2.75) is 33.1 Å². The molecule has 6 heteroatoms. The van der Waals surface area contributed by atoms with Crippen LogP contribution in [-0.2, 0) is 19.1 Å². The molecule has 6 nitrogen and oxygen atoms in total. The fourth-order valence-electron chi connectivity index (χ4n) is 1.98. The van der Waals surface area contributed by atoms with E-state index in [1.807, 2.05) is 0 Å². The maximum Gasteiger partial charge on any atom is 0.306 e. The Bertz CT molecular complexity index is 356. The van der Waals surface area contributed by atoms with Gasteiger partial charge in [-0.1, -0.05) is 0 Å². The number of nitrogens with two attached hydrogens (primary N) is 1. The number of hydrogen-bond acceptors (Lipinski definition) is 4. The van der Waals surface area contributed by atoms with Gasteiger partial charge in [0.1, 0.15) is 0 Å². The van der Waals surface area contributed by atoms with Gasteiger partial charge in [-0.2, -0.15) is 0 Å². The molecule has 0 saturated carbocycles. The van der Waals surface area contributed by atoms with E-state index in [0.717, 1.165) is 0 Å². The molecule has 0 aromatic heterocycles. The molecule has 2 amide bonds. The largest absolute Gasteiger partial charge is 0.466 e. The second-order valence-electron chi connectivity index (χ2n) is 4.80. The van der Waals surface area contributed by atoms with Crippen molar-refractivity contribution >= 4 is 17.8 Å². The SMILES string of the molecule is CCOC(=O)CCC(=O)N1CCC(C)(C(N)=O)C1. The predicted molar refractivity (Wildman–Crippen MR) is 64.4 cm³/mol. The first-order valence-corrected chi connectivity index (χ1v) is 6.12. The zero-order valence-electron chi connectivity index (χ0n) is 10.9. The summed E-state index contributed by atoms with van der Waals surface area (Å²) in [5.74, 6) is -0.890. The molecule has 102 valence electrons. The number of esters is 1. The van der Waals surface area contributed by atoms with E-state index >= 15 is 0 Å². The van der Waals surface area contributed by atoms with Gasteiger partial charge in [-0.15, -0.1) is 0 Å².